The number of hydrogen-bond acceptors (Lipinski definition) is 15. The largest absolute Gasteiger partial charge is 0.508 e. The molecular formula is C42H67N11O14S. The third-order valence-electron chi connectivity index (χ3n) is 11.2. The van der Waals surface area contributed by atoms with Crippen LogP contribution in [0.4, 0.5) is 0 Å². The maximum absolute atomic E-state index is 14.8. The van der Waals surface area contributed by atoms with Crippen LogP contribution in [0, 0.1) is 17.8 Å². The van der Waals surface area contributed by atoms with Gasteiger partial charge >= 0.3 is 10.4 Å². The molecule has 8 atom stereocenters. The number of phenolic OH excluding ortho intramolecular Hbond substituents is 1. The van der Waals surface area contributed by atoms with Crippen molar-refractivity contribution in [1.82, 2.24) is 42.1 Å². The quantitative estimate of drug-likeness (QED) is 0.0244. The van der Waals surface area contributed by atoms with Crippen LogP contribution >= 0.6 is 0 Å². The van der Waals surface area contributed by atoms with Crippen molar-refractivity contribution in [3.8, 4) is 5.75 Å². The number of nitrogens with one attached hydrogen (secondary N) is 7. The number of hydrogen-bond donors (Lipinski definition) is 12. The highest BCUT2D eigenvalue weighted by Crippen LogP contribution is 2.31. The molecule has 14 N–H and O–H groups in total. The number of aliphatic hydroxyl groups is 1. The van der Waals surface area contributed by atoms with Gasteiger partial charge in [-0.15, -0.1) is 0 Å². The third kappa shape index (κ3) is 16.7. The number of aromatic hydroxyl groups is 1. The molecule has 25 nitrogen and oxygen atoms in total. The molecule has 68 heavy (non-hydrogen) atoms. The molecule has 380 valence electrons. The van der Waals surface area contributed by atoms with Crippen molar-refractivity contribution in [3.05, 3.63) is 29.8 Å². The molecule has 0 aromatic heterocycles. The molecular weight excluding hydrogens is 915 g/mol. The summed E-state index contributed by atoms with van der Waals surface area (Å²) in [6.45, 7) is 7.96. The van der Waals surface area contributed by atoms with Crippen LogP contribution in [-0.4, -0.2) is 156 Å². The van der Waals surface area contributed by atoms with Gasteiger partial charge in [-0.25, -0.2) is 4.18 Å². The first-order valence-electron chi connectivity index (χ1n) is 22.3. The minimum atomic E-state index is -5.22. The molecule has 2 aliphatic heterocycles. The number of aldehydes is 1. The van der Waals surface area contributed by atoms with Gasteiger partial charge in [-0.1, -0.05) is 41.5 Å². The van der Waals surface area contributed by atoms with Crippen LogP contribution in [0.25, 0.3) is 0 Å². The fourth-order valence-corrected chi connectivity index (χ4v) is 8.15. The minimum absolute atomic E-state index is 0.0274. The van der Waals surface area contributed by atoms with E-state index in [1.165, 1.54) is 24.3 Å². The van der Waals surface area contributed by atoms with Crippen LogP contribution in [0.5, 0.6) is 5.75 Å². The van der Waals surface area contributed by atoms with Gasteiger partial charge in [-0.05, 0) is 74.1 Å². The maximum atomic E-state index is 14.8. The monoisotopic (exact) mass is 981 g/mol. The van der Waals surface area contributed by atoms with E-state index >= 15 is 0 Å². The van der Waals surface area contributed by atoms with E-state index in [0.29, 0.717) is 6.42 Å². The molecule has 2 fully saturated rings. The lowest BCUT2D eigenvalue weighted by molar-refractivity contribution is -0.147. The Balaban J connectivity index is 2.23. The van der Waals surface area contributed by atoms with Gasteiger partial charge in [0, 0.05) is 25.1 Å². The molecule has 2 saturated heterocycles. The molecule has 0 aliphatic carbocycles. The number of nitrogens with two attached hydrogens (primary N) is 2. The number of unbranched alkanes of at least 4 members (excludes halogenated alkanes) is 1. The molecule has 0 saturated carbocycles. The lowest BCUT2D eigenvalue weighted by Crippen LogP contribution is -2.68. The van der Waals surface area contributed by atoms with Gasteiger partial charge in [0.1, 0.15) is 42.1 Å². The fraction of sp³-hybridized carbons (Fsp3) is 0.643. The first kappa shape index (κ1) is 56.4. The van der Waals surface area contributed by atoms with Crippen LogP contribution < -0.4 is 48.7 Å². The second-order valence-corrected chi connectivity index (χ2v) is 18.9. The van der Waals surface area contributed by atoms with Crippen molar-refractivity contribution >= 4 is 64.0 Å². The van der Waals surface area contributed by atoms with E-state index in [9.17, 15) is 61.5 Å². The Bertz CT molecular complexity index is 2100. The Labute approximate surface area is 395 Å². The molecule has 26 heteroatoms. The SMILES string of the molecule is CC(C)C[C@H]1NC(=O)[C@@H](CO)NC(=O)C(C(C)C)NC(=O)[C@H](CCNC(=O)c2ccc(O)cc2)NC2(C=O)CC(OS(=O)(=O)O)CN2C(=O)C(C(C)C)NC(=O)[C@@H](CCCCN=C(N)N)NC1=O. The van der Waals surface area contributed by atoms with Crippen molar-refractivity contribution in [1.29, 1.82) is 0 Å². The molecule has 1 aromatic carbocycles. The molecule has 0 radical (unpaired) electrons. The minimum Gasteiger partial charge on any atom is -0.508 e. The second kappa shape index (κ2) is 25.4. The number of amides is 7. The van der Waals surface area contributed by atoms with Crippen molar-refractivity contribution in [2.24, 2.45) is 34.2 Å². The Morgan fingerprint density at radius 1 is 0.838 bits per heavy atom. The highest BCUT2D eigenvalue weighted by atomic mass is 32.3. The van der Waals surface area contributed by atoms with Gasteiger partial charge in [0.15, 0.2) is 17.9 Å². The lowest BCUT2D eigenvalue weighted by Gasteiger charge is -2.40. The summed E-state index contributed by atoms with van der Waals surface area (Å²) < 4.78 is 38.6. The Hall–Kier alpha value is -5.96. The molecule has 2 heterocycles. The summed E-state index contributed by atoms with van der Waals surface area (Å²) in [4.78, 5) is 117. The Morgan fingerprint density at radius 2 is 1.40 bits per heavy atom. The van der Waals surface area contributed by atoms with E-state index in [-0.39, 0.29) is 68.2 Å². The molecule has 1 aromatic rings. The van der Waals surface area contributed by atoms with E-state index in [0.717, 1.165) is 4.90 Å². The number of aliphatic hydroxyl groups excluding tert-OH is 1. The number of nitrogens with zero attached hydrogens (tertiary/aromatic N) is 2. The third-order valence-corrected chi connectivity index (χ3v) is 11.7. The van der Waals surface area contributed by atoms with Crippen molar-refractivity contribution in [3.63, 3.8) is 0 Å². The average molecular weight is 982 g/mol. The maximum Gasteiger partial charge on any atom is 0.397 e. The van der Waals surface area contributed by atoms with E-state index < -0.39 is 131 Å². The summed E-state index contributed by atoms with van der Waals surface area (Å²) in [6, 6.07) is -3.71. The number of aliphatic imine (C=N–C) groups is 1. The predicted molar refractivity (Wildman–Crippen MR) is 244 cm³/mol. The second-order valence-electron chi connectivity index (χ2n) is 17.9. The van der Waals surface area contributed by atoms with Gasteiger partial charge < -0.3 is 58.5 Å². The van der Waals surface area contributed by atoms with Gasteiger partial charge in [0.2, 0.25) is 35.4 Å². The van der Waals surface area contributed by atoms with Crippen molar-refractivity contribution in [2.75, 3.05) is 26.2 Å². The van der Waals surface area contributed by atoms with Crippen LogP contribution in [-0.2, 0) is 48.1 Å². The Kier molecular flexibility index (Phi) is 21.1. The van der Waals surface area contributed by atoms with Gasteiger partial charge in [-0.3, -0.25) is 53.2 Å². The van der Waals surface area contributed by atoms with Crippen molar-refractivity contribution < 1.29 is 65.7 Å². The van der Waals surface area contributed by atoms with Crippen LogP contribution in [0.15, 0.2) is 29.3 Å². The smallest absolute Gasteiger partial charge is 0.397 e. The zero-order chi connectivity index (χ0) is 51.1. The number of phenols is 1. The van der Waals surface area contributed by atoms with Crippen LogP contribution in [0.2, 0.25) is 0 Å². The van der Waals surface area contributed by atoms with E-state index in [4.69, 9.17) is 15.7 Å². The summed E-state index contributed by atoms with van der Waals surface area (Å²) >= 11 is 0. The van der Waals surface area contributed by atoms with Crippen molar-refractivity contribution in [2.45, 2.75) is 128 Å². The molecule has 7 amide bonds. The van der Waals surface area contributed by atoms with Gasteiger partial charge in [0.25, 0.3) is 5.91 Å². The molecule has 0 bridgehead atoms. The highest BCUT2D eigenvalue weighted by molar-refractivity contribution is 7.80. The van der Waals surface area contributed by atoms with Crippen LogP contribution in [0.1, 0.15) is 90.4 Å². The average Bonchev–Trinajstić information content (AvgIpc) is 3.60. The van der Waals surface area contributed by atoms with E-state index in [1.807, 2.05) is 0 Å². The van der Waals surface area contributed by atoms with Gasteiger partial charge in [-0.2, -0.15) is 8.42 Å². The van der Waals surface area contributed by atoms with E-state index in [1.54, 1.807) is 41.5 Å². The number of guanidine groups is 1. The Morgan fingerprint density at radius 3 is 1.96 bits per heavy atom. The number of carbonyl (C=O) groups excluding carboxylic acids is 8. The fourth-order valence-electron chi connectivity index (χ4n) is 7.67. The summed E-state index contributed by atoms with van der Waals surface area (Å²) in [7, 11) is -5.22. The normalized spacial score (nSPS) is 26.0. The zero-order valence-corrected chi connectivity index (χ0v) is 39.8. The molecule has 0 spiro atoms. The summed E-state index contributed by atoms with van der Waals surface area (Å²) in [5.74, 6) is -8.23. The number of rotatable bonds is 17. The number of benzene rings is 1. The zero-order valence-electron chi connectivity index (χ0n) is 39.0. The number of carbonyl (C=O) groups is 8. The first-order valence-corrected chi connectivity index (χ1v) is 23.6. The van der Waals surface area contributed by atoms with Crippen LogP contribution in [0.3, 0.4) is 0 Å². The summed E-state index contributed by atoms with van der Waals surface area (Å²) in [6.07, 6.45) is -1.88. The lowest BCUT2D eigenvalue weighted by atomic mass is 9.98. The van der Waals surface area contributed by atoms with Gasteiger partial charge in [0.05, 0.1) is 19.2 Å². The summed E-state index contributed by atoms with van der Waals surface area (Å²) in [5, 5.41) is 38.3. The first-order chi connectivity index (χ1) is 31.8. The standard InChI is InChI=1S/C42H67N11O14S/c1-22(2)17-30-37(60)47-28(9-7-8-15-46-41(43)44)35(58)51-33(24(5)6)40(63)53-19-27(67-68(64,65)66)18-42(53,21-55)52-29(14-16-45-34(57)25-10-12-26(56)13-11-25)36(59)50-32(23(3)4)39(62)49-31(20-54)38(61)48-30/h10-13,21-24,27-33,52,54,56H,7-9,14-20H2,1-6H3,(H,45,57)(H,47,60)(H,48,61)(H,49,62)(H,50,59)(H,51,58)(H4,43,44,46)(H,64,65,66)/t27?,28-,29+,30-,31-,32?,33?,42?/m1/s1. The highest BCUT2D eigenvalue weighted by Gasteiger charge is 2.53. The predicted octanol–water partition coefficient (Wildman–Crippen LogP) is -2.98. The number of fused-ring (bicyclic) bond motifs is 1. The van der Waals surface area contributed by atoms with E-state index in [2.05, 4.69) is 42.2 Å². The topological polar surface area (TPSA) is 392 Å². The summed E-state index contributed by atoms with van der Waals surface area (Å²) in [5.41, 5.74) is 8.69. The molecule has 3 rings (SSSR count). The molecule has 2 aliphatic rings. The molecule has 4 unspecified atom stereocenters.